The number of likely N-dealkylation sites (N-methyl/N-ethyl adjacent to an activating group) is 1. The van der Waals surface area contributed by atoms with E-state index in [1.165, 1.54) is 0 Å². The number of hydrogen-bond acceptors (Lipinski definition) is 6. The first-order valence-corrected chi connectivity index (χ1v) is 6.69. The Bertz CT molecular complexity index is 358. The van der Waals surface area contributed by atoms with Gasteiger partial charge < -0.3 is 20.5 Å². The monoisotopic (exact) mass is 285 g/mol. The Balaban J connectivity index is 1.89. The molecule has 0 fully saturated rings. The van der Waals surface area contributed by atoms with Crippen molar-refractivity contribution in [2.75, 3.05) is 33.5 Å². The fourth-order valence-electron chi connectivity index (χ4n) is 1.49. The molecule has 1 atom stereocenters. The predicted octanol–water partition coefficient (Wildman–Crippen LogP) is -0.766. The molecule has 0 aliphatic heterocycles. The van der Waals surface area contributed by atoms with Crippen molar-refractivity contribution in [3.63, 3.8) is 0 Å². The van der Waals surface area contributed by atoms with Gasteiger partial charge >= 0.3 is 0 Å². The Morgan fingerprint density at radius 1 is 1.50 bits per heavy atom. The van der Waals surface area contributed by atoms with Crippen molar-refractivity contribution in [3.05, 3.63) is 11.9 Å². The molecule has 8 nitrogen and oxygen atoms in total. The zero-order valence-electron chi connectivity index (χ0n) is 11.8. The average Bonchev–Trinajstić information content (AvgIpc) is 2.96. The third-order valence-electron chi connectivity index (χ3n) is 2.67. The van der Waals surface area contributed by atoms with Gasteiger partial charge in [-0.2, -0.15) is 0 Å². The second-order valence-corrected chi connectivity index (χ2v) is 4.42. The van der Waals surface area contributed by atoms with Gasteiger partial charge in [0, 0.05) is 32.5 Å². The Morgan fingerprint density at radius 3 is 3.05 bits per heavy atom. The molecule has 0 aliphatic carbocycles. The second kappa shape index (κ2) is 10.3. The normalized spacial score (nSPS) is 12.3. The molecule has 0 saturated carbocycles. The highest BCUT2D eigenvalue weighted by Gasteiger charge is 2.04. The van der Waals surface area contributed by atoms with Crippen molar-refractivity contribution in [2.45, 2.75) is 25.3 Å². The van der Waals surface area contributed by atoms with Crippen LogP contribution in [0.2, 0.25) is 0 Å². The summed E-state index contributed by atoms with van der Waals surface area (Å²) in [7, 11) is 1.57. The molecule has 1 amide bonds. The van der Waals surface area contributed by atoms with Crippen molar-refractivity contribution in [1.29, 1.82) is 0 Å². The zero-order chi connectivity index (χ0) is 14.6. The van der Waals surface area contributed by atoms with Crippen LogP contribution in [-0.4, -0.2) is 60.8 Å². The van der Waals surface area contributed by atoms with Crippen LogP contribution in [0.4, 0.5) is 0 Å². The summed E-state index contributed by atoms with van der Waals surface area (Å²) < 4.78 is 10.6. The number of carbonyl (C=O) groups excluding carboxylic acids is 1. The Hall–Kier alpha value is -1.51. The van der Waals surface area contributed by atoms with E-state index >= 15 is 0 Å². The van der Waals surface area contributed by atoms with Crippen LogP contribution in [0, 0.1) is 0 Å². The number of rotatable bonds is 11. The van der Waals surface area contributed by atoms with Gasteiger partial charge in [0.2, 0.25) is 5.91 Å². The van der Waals surface area contributed by atoms with Gasteiger partial charge in [0.05, 0.1) is 12.3 Å². The fraction of sp³-hybridized carbons (Fsp3) is 0.750. The standard InChI is InChI=1S/C12H23N5O3/c1-14-12(18)9-20-6-4-10(13)8-19-5-2-3-11-7-15-17-16-11/h7,10H,2-6,8-9,13H2,1H3,(H,14,18)(H,15,16,17). The summed E-state index contributed by atoms with van der Waals surface area (Å²) in [6, 6.07) is -0.0771. The van der Waals surface area contributed by atoms with Gasteiger partial charge in [-0.05, 0) is 19.3 Å². The van der Waals surface area contributed by atoms with E-state index in [1.54, 1.807) is 13.2 Å². The molecule has 0 aromatic carbocycles. The maximum Gasteiger partial charge on any atom is 0.245 e. The van der Waals surface area contributed by atoms with Gasteiger partial charge in [-0.1, -0.05) is 5.21 Å². The molecular weight excluding hydrogens is 262 g/mol. The SMILES string of the molecule is CNC(=O)COCCC(N)COCCCc1c[nH]nn1. The number of aromatic amines is 1. The summed E-state index contributed by atoms with van der Waals surface area (Å²) in [5.74, 6) is -0.136. The third kappa shape index (κ3) is 7.82. The Labute approximate surface area is 118 Å². The molecule has 4 N–H and O–H groups in total. The van der Waals surface area contributed by atoms with Crippen LogP contribution in [0.3, 0.4) is 0 Å². The van der Waals surface area contributed by atoms with E-state index in [4.69, 9.17) is 15.2 Å². The predicted molar refractivity (Wildman–Crippen MR) is 73.0 cm³/mol. The van der Waals surface area contributed by atoms with E-state index < -0.39 is 0 Å². The molecule has 1 unspecified atom stereocenters. The second-order valence-electron chi connectivity index (χ2n) is 4.42. The average molecular weight is 285 g/mol. The molecule has 1 heterocycles. The largest absolute Gasteiger partial charge is 0.380 e. The van der Waals surface area contributed by atoms with Crippen molar-refractivity contribution in [2.24, 2.45) is 5.73 Å². The summed E-state index contributed by atoms with van der Waals surface area (Å²) >= 11 is 0. The van der Waals surface area contributed by atoms with Crippen LogP contribution in [0.5, 0.6) is 0 Å². The third-order valence-corrected chi connectivity index (χ3v) is 2.67. The maximum atomic E-state index is 10.9. The van der Waals surface area contributed by atoms with Crippen LogP contribution in [0.1, 0.15) is 18.5 Å². The van der Waals surface area contributed by atoms with Crippen LogP contribution >= 0.6 is 0 Å². The topological polar surface area (TPSA) is 115 Å². The summed E-state index contributed by atoms with van der Waals surface area (Å²) in [6.07, 6.45) is 4.16. The lowest BCUT2D eigenvalue weighted by Gasteiger charge is -2.12. The van der Waals surface area contributed by atoms with E-state index in [1.807, 2.05) is 0 Å². The highest BCUT2D eigenvalue weighted by molar-refractivity contribution is 5.76. The van der Waals surface area contributed by atoms with Crippen LogP contribution in [0.15, 0.2) is 6.20 Å². The van der Waals surface area contributed by atoms with Crippen molar-refractivity contribution in [3.8, 4) is 0 Å². The summed E-state index contributed by atoms with van der Waals surface area (Å²) in [4.78, 5) is 10.9. The number of H-pyrrole nitrogens is 1. The first kappa shape index (κ1) is 16.5. The van der Waals surface area contributed by atoms with E-state index in [9.17, 15) is 4.79 Å². The number of aryl methyl sites for hydroxylation is 1. The van der Waals surface area contributed by atoms with Crippen LogP contribution in [0.25, 0.3) is 0 Å². The number of hydrogen-bond donors (Lipinski definition) is 3. The number of ether oxygens (including phenoxy) is 2. The molecule has 8 heteroatoms. The quantitative estimate of drug-likeness (QED) is 0.460. The zero-order valence-corrected chi connectivity index (χ0v) is 11.8. The van der Waals surface area contributed by atoms with Gasteiger partial charge in [-0.3, -0.25) is 9.89 Å². The Kier molecular flexibility index (Phi) is 8.52. The van der Waals surface area contributed by atoms with Gasteiger partial charge in [0.15, 0.2) is 0 Å². The number of nitrogens with one attached hydrogen (secondary N) is 2. The van der Waals surface area contributed by atoms with Crippen molar-refractivity contribution < 1.29 is 14.3 Å². The number of nitrogens with two attached hydrogens (primary N) is 1. The molecule has 1 aromatic heterocycles. The van der Waals surface area contributed by atoms with Crippen molar-refractivity contribution >= 4 is 5.91 Å². The molecule has 1 aromatic rings. The van der Waals surface area contributed by atoms with Crippen LogP contribution in [-0.2, 0) is 20.7 Å². The number of carbonyl (C=O) groups is 1. The minimum atomic E-state index is -0.136. The molecular formula is C12H23N5O3. The Morgan fingerprint density at radius 2 is 2.35 bits per heavy atom. The van der Waals surface area contributed by atoms with Gasteiger partial charge in [0.25, 0.3) is 0 Å². The lowest BCUT2D eigenvalue weighted by molar-refractivity contribution is -0.125. The molecule has 114 valence electrons. The maximum absolute atomic E-state index is 10.9. The molecule has 0 radical (unpaired) electrons. The van der Waals surface area contributed by atoms with Gasteiger partial charge in [-0.15, -0.1) is 5.10 Å². The van der Waals surface area contributed by atoms with E-state index in [0.29, 0.717) is 26.2 Å². The molecule has 0 bridgehead atoms. The summed E-state index contributed by atoms with van der Waals surface area (Å²) in [6.45, 7) is 1.65. The van der Waals surface area contributed by atoms with Gasteiger partial charge in [-0.25, -0.2) is 0 Å². The lowest BCUT2D eigenvalue weighted by atomic mass is 10.2. The minimum absolute atomic E-state index is 0.0712. The molecule has 1 rings (SSSR count). The van der Waals surface area contributed by atoms with Crippen LogP contribution < -0.4 is 11.1 Å². The summed E-state index contributed by atoms with van der Waals surface area (Å²) in [5.41, 5.74) is 6.80. The van der Waals surface area contributed by atoms with E-state index in [-0.39, 0.29) is 18.6 Å². The van der Waals surface area contributed by atoms with Gasteiger partial charge in [0.1, 0.15) is 6.61 Å². The highest BCUT2D eigenvalue weighted by Crippen LogP contribution is 1.97. The van der Waals surface area contributed by atoms with Crippen molar-refractivity contribution in [1.82, 2.24) is 20.7 Å². The first-order chi connectivity index (χ1) is 9.72. The highest BCUT2D eigenvalue weighted by atomic mass is 16.5. The minimum Gasteiger partial charge on any atom is -0.380 e. The number of nitrogens with zero attached hydrogens (tertiary/aromatic N) is 2. The fourth-order valence-corrected chi connectivity index (χ4v) is 1.49. The summed E-state index contributed by atoms with van der Waals surface area (Å²) in [5, 5.41) is 12.7. The smallest absolute Gasteiger partial charge is 0.245 e. The van der Waals surface area contributed by atoms with E-state index in [2.05, 4.69) is 20.7 Å². The number of aromatic nitrogens is 3. The molecule has 0 aliphatic rings. The van der Waals surface area contributed by atoms with E-state index in [0.717, 1.165) is 18.5 Å². The lowest BCUT2D eigenvalue weighted by Crippen LogP contribution is -2.29. The molecule has 0 spiro atoms. The molecule has 20 heavy (non-hydrogen) atoms. The first-order valence-electron chi connectivity index (χ1n) is 6.69. The molecule has 0 saturated heterocycles. The number of amides is 1.